The summed E-state index contributed by atoms with van der Waals surface area (Å²) in [6.07, 6.45) is 0. The van der Waals surface area contributed by atoms with Crippen LogP contribution in [0.4, 0.5) is 20.2 Å². The molecule has 2 aromatic rings. The number of nitrogens with one attached hydrogen (secondary N) is 2. The van der Waals surface area contributed by atoms with E-state index < -0.39 is 47.5 Å². The van der Waals surface area contributed by atoms with Gasteiger partial charge in [-0.2, -0.15) is 0 Å². The van der Waals surface area contributed by atoms with Gasteiger partial charge in [-0.25, -0.2) is 13.6 Å². The quantitative estimate of drug-likeness (QED) is 0.411. The van der Waals surface area contributed by atoms with Crippen LogP contribution in [-0.2, 0) is 14.3 Å². The van der Waals surface area contributed by atoms with Crippen molar-refractivity contribution < 1.29 is 32.8 Å². The summed E-state index contributed by atoms with van der Waals surface area (Å²) in [5, 5.41) is 15.3. The van der Waals surface area contributed by atoms with E-state index in [-0.39, 0.29) is 16.9 Å². The number of nitrogens with zero attached hydrogens (tertiary/aromatic N) is 1. The van der Waals surface area contributed by atoms with Crippen molar-refractivity contribution in [3.63, 3.8) is 0 Å². The van der Waals surface area contributed by atoms with Crippen LogP contribution in [0.2, 0.25) is 0 Å². The Morgan fingerprint density at radius 2 is 1.79 bits per heavy atom. The third-order valence-electron chi connectivity index (χ3n) is 3.63. The maximum atomic E-state index is 13.1. The van der Waals surface area contributed by atoms with Gasteiger partial charge in [0.2, 0.25) is 5.91 Å². The monoisotopic (exact) mass is 407 g/mol. The van der Waals surface area contributed by atoms with Gasteiger partial charge < -0.3 is 15.4 Å². The van der Waals surface area contributed by atoms with E-state index in [4.69, 9.17) is 4.74 Å². The highest BCUT2D eigenvalue weighted by Gasteiger charge is 2.17. The molecular formula is C18H15F2N3O6. The van der Waals surface area contributed by atoms with Crippen molar-refractivity contribution in [1.82, 2.24) is 5.32 Å². The number of nitro groups is 1. The second-order valence-electron chi connectivity index (χ2n) is 5.79. The van der Waals surface area contributed by atoms with Gasteiger partial charge in [0.25, 0.3) is 11.6 Å². The van der Waals surface area contributed by atoms with Crippen LogP contribution in [-0.4, -0.2) is 35.9 Å². The standard InChI is InChI=1S/C18H15F2N3O6/c1-10-2-3-11(6-15(10)23(27)28)18(26)29-9-17(25)21-8-16(24)22-12-4-5-13(19)14(20)7-12/h2-7H,8-9H2,1H3,(H,21,25)(H,22,24). The van der Waals surface area contributed by atoms with Gasteiger partial charge in [-0.05, 0) is 25.1 Å². The van der Waals surface area contributed by atoms with Crippen LogP contribution in [0.5, 0.6) is 0 Å². The summed E-state index contributed by atoms with van der Waals surface area (Å²) in [4.78, 5) is 45.5. The van der Waals surface area contributed by atoms with Gasteiger partial charge in [-0.1, -0.05) is 6.07 Å². The van der Waals surface area contributed by atoms with Gasteiger partial charge >= 0.3 is 5.97 Å². The van der Waals surface area contributed by atoms with Crippen molar-refractivity contribution in [1.29, 1.82) is 0 Å². The number of aryl methyl sites for hydroxylation is 1. The number of halogens is 2. The molecule has 29 heavy (non-hydrogen) atoms. The van der Waals surface area contributed by atoms with E-state index in [1.165, 1.54) is 19.1 Å². The summed E-state index contributed by atoms with van der Waals surface area (Å²) in [6, 6.07) is 6.47. The molecule has 2 N–H and O–H groups in total. The lowest BCUT2D eigenvalue weighted by molar-refractivity contribution is -0.385. The number of amides is 2. The SMILES string of the molecule is Cc1ccc(C(=O)OCC(=O)NCC(=O)Nc2ccc(F)c(F)c2)cc1[N+](=O)[O-]. The first-order valence-corrected chi connectivity index (χ1v) is 8.11. The van der Waals surface area contributed by atoms with Crippen molar-refractivity contribution in [3.05, 3.63) is 69.3 Å². The first kappa shape index (κ1) is 21.4. The zero-order chi connectivity index (χ0) is 21.6. The molecule has 0 aromatic heterocycles. The predicted molar refractivity (Wildman–Crippen MR) is 96.1 cm³/mol. The molecule has 0 saturated carbocycles. The van der Waals surface area contributed by atoms with Crippen molar-refractivity contribution in [2.75, 3.05) is 18.5 Å². The second kappa shape index (κ2) is 9.35. The molecule has 0 aliphatic rings. The van der Waals surface area contributed by atoms with Crippen LogP contribution in [0.15, 0.2) is 36.4 Å². The zero-order valence-electron chi connectivity index (χ0n) is 15.0. The summed E-state index contributed by atoms with van der Waals surface area (Å²) >= 11 is 0. The van der Waals surface area contributed by atoms with Gasteiger partial charge in [-0.3, -0.25) is 19.7 Å². The lowest BCUT2D eigenvalue weighted by atomic mass is 10.1. The average molecular weight is 407 g/mol. The molecule has 2 rings (SSSR count). The zero-order valence-corrected chi connectivity index (χ0v) is 15.0. The fourth-order valence-corrected chi connectivity index (χ4v) is 2.16. The molecule has 0 radical (unpaired) electrons. The number of hydrogen-bond acceptors (Lipinski definition) is 6. The van der Waals surface area contributed by atoms with Gasteiger partial charge in [0, 0.05) is 23.4 Å². The second-order valence-corrected chi connectivity index (χ2v) is 5.79. The van der Waals surface area contributed by atoms with Crippen molar-refractivity contribution in [2.45, 2.75) is 6.92 Å². The highest BCUT2D eigenvalue weighted by Crippen LogP contribution is 2.19. The summed E-state index contributed by atoms with van der Waals surface area (Å²) in [5.41, 5.74) is -0.0177. The molecule has 0 bridgehead atoms. The fraction of sp³-hybridized carbons (Fsp3) is 0.167. The Morgan fingerprint density at radius 1 is 1.07 bits per heavy atom. The number of anilines is 1. The number of hydrogen-bond donors (Lipinski definition) is 2. The van der Waals surface area contributed by atoms with Gasteiger partial charge in [0.05, 0.1) is 17.0 Å². The molecule has 0 saturated heterocycles. The molecular weight excluding hydrogens is 392 g/mol. The van der Waals surface area contributed by atoms with E-state index in [0.717, 1.165) is 24.3 Å². The number of carbonyl (C=O) groups excluding carboxylic acids is 3. The molecule has 11 heteroatoms. The lowest BCUT2D eigenvalue weighted by Gasteiger charge is -2.08. The van der Waals surface area contributed by atoms with Crippen LogP contribution < -0.4 is 10.6 Å². The van der Waals surface area contributed by atoms with E-state index in [2.05, 4.69) is 10.6 Å². The van der Waals surface area contributed by atoms with E-state index in [0.29, 0.717) is 5.56 Å². The van der Waals surface area contributed by atoms with Crippen LogP contribution in [0, 0.1) is 28.7 Å². The minimum atomic E-state index is -1.14. The van der Waals surface area contributed by atoms with Crippen molar-refractivity contribution in [2.24, 2.45) is 0 Å². The van der Waals surface area contributed by atoms with E-state index in [1.54, 1.807) is 0 Å². The van der Waals surface area contributed by atoms with E-state index in [9.17, 15) is 33.3 Å². The molecule has 9 nitrogen and oxygen atoms in total. The average Bonchev–Trinajstić information content (AvgIpc) is 2.67. The number of nitro benzene ring substituents is 1. The Kier molecular flexibility index (Phi) is 6.90. The number of carbonyl (C=O) groups is 3. The van der Waals surface area contributed by atoms with Gasteiger partial charge in [0.15, 0.2) is 18.2 Å². The Morgan fingerprint density at radius 3 is 2.45 bits per heavy atom. The topological polar surface area (TPSA) is 128 Å². The number of benzene rings is 2. The summed E-state index contributed by atoms with van der Waals surface area (Å²) in [6.45, 7) is 0.274. The Balaban J connectivity index is 1.81. The molecule has 0 atom stereocenters. The molecule has 2 aromatic carbocycles. The third-order valence-corrected chi connectivity index (χ3v) is 3.63. The summed E-state index contributed by atoms with van der Waals surface area (Å²) in [5.74, 6) is -4.69. The maximum absolute atomic E-state index is 13.1. The normalized spacial score (nSPS) is 10.2. The van der Waals surface area contributed by atoms with Crippen LogP contribution in [0.1, 0.15) is 15.9 Å². The largest absolute Gasteiger partial charge is 0.452 e. The molecule has 0 heterocycles. The predicted octanol–water partition coefficient (Wildman–Crippen LogP) is 2.09. The van der Waals surface area contributed by atoms with Gasteiger partial charge in [0.1, 0.15) is 0 Å². The number of rotatable bonds is 7. The van der Waals surface area contributed by atoms with Crippen molar-refractivity contribution >= 4 is 29.2 Å². The minimum Gasteiger partial charge on any atom is -0.452 e. The highest BCUT2D eigenvalue weighted by molar-refractivity contribution is 5.95. The summed E-state index contributed by atoms with van der Waals surface area (Å²) in [7, 11) is 0. The Hall–Kier alpha value is -3.89. The summed E-state index contributed by atoms with van der Waals surface area (Å²) < 4.78 is 30.6. The highest BCUT2D eigenvalue weighted by atomic mass is 19.2. The molecule has 0 unspecified atom stereocenters. The lowest BCUT2D eigenvalue weighted by Crippen LogP contribution is -2.35. The molecule has 152 valence electrons. The molecule has 0 spiro atoms. The van der Waals surface area contributed by atoms with Gasteiger partial charge in [-0.15, -0.1) is 0 Å². The van der Waals surface area contributed by atoms with Crippen LogP contribution >= 0.6 is 0 Å². The van der Waals surface area contributed by atoms with E-state index >= 15 is 0 Å². The smallest absolute Gasteiger partial charge is 0.338 e. The van der Waals surface area contributed by atoms with Crippen LogP contribution in [0.25, 0.3) is 0 Å². The van der Waals surface area contributed by atoms with Crippen LogP contribution in [0.3, 0.4) is 0 Å². The fourth-order valence-electron chi connectivity index (χ4n) is 2.16. The number of ether oxygens (including phenoxy) is 1. The Bertz CT molecular complexity index is 980. The first-order chi connectivity index (χ1) is 13.7. The third kappa shape index (κ3) is 6.06. The first-order valence-electron chi connectivity index (χ1n) is 8.11. The molecule has 0 aliphatic carbocycles. The number of esters is 1. The van der Waals surface area contributed by atoms with Crippen molar-refractivity contribution in [3.8, 4) is 0 Å². The maximum Gasteiger partial charge on any atom is 0.338 e. The Labute approximate surface area is 162 Å². The molecule has 0 aliphatic heterocycles. The molecule has 2 amide bonds. The van der Waals surface area contributed by atoms with E-state index in [1.807, 2.05) is 0 Å². The molecule has 0 fully saturated rings. The minimum absolute atomic E-state index is 0.00413.